The third-order valence-corrected chi connectivity index (χ3v) is 2.47. The maximum atomic E-state index is 11.8. The van der Waals surface area contributed by atoms with Gasteiger partial charge >= 0.3 is 0 Å². The molecule has 1 aromatic carbocycles. The summed E-state index contributed by atoms with van der Waals surface area (Å²) < 4.78 is 5.10. The maximum absolute atomic E-state index is 11.8. The molecule has 2 rings (SSSR count). The molecule has 0 saturated carbocycles. The van der Waals surface area contributed by atoms with Crippen LogP contribution in [0.1, 0.15) is 5.56 Å². The van der Waals surface area contributed by atoms with Crippen molar-refractivity contribution < 1.29 is 9.53 Å². The summed E-state index contributed by atoms with van der Waals surface area (Å²) in [6.07, 6.45) is 3.68. The smallest absolute Gasteiger partial charge is 0.228 e. The van der Waals surface area contributed by atoms with Crippen molar-refractivity contribution >= 4 is 11.6 Å². The van der Waals surface area contributed by atoms with Gasteiger partial charge in [0.25, 0.3) is 0 Å². The summed E-state index contributed by atoms with van der Waals surface area (Å²) in [5.41, 5.74) is 1.67. The molecule has 0 atom stereocenters. The summed E-state index contributed by atoms with van der Waals surface area (Å²) >= 11 is 0. The fourth-order valence-electron chi connectivity index (χ4n) is 1.59. The molecule has 4 nitrogen and oxygen atoms in total. The molecule has 0 spiro atoms. The minimum atomic E-state index is -0.0607. The molecule has 0 unspecified atom stereocenters. The quantitative estimate of drug-likeness (QED) is 0.894. The normalized spacial score (nSPS) is 9.83. The van der Waals surface area contributed by atoms with Crippen molar-refractivity contribution in [2.75, 3.05) is 12.4 Å². The summed E-state index contributed by atoms with van der Waals surface area (Å²) in [5, 5.41) is 2.83. The summed E-state index contributed by atoms with van der Waals surface area (Å²) in [7, 11) is 1.60. The molecule has 1 heterocycles. The molecule has 0 saturated heterocycles. The van der Waals surface area contributed by atoms with Crippen LogP contribution in [0.25, 0.3) is 0 Å². The Balaban J connectivity index is 1.99. The number of pyridine rings is 1. The Kier molecular flexibility index (Phi) is 3.91. The summed E-state index contributed by atoms with van der Waals surface area (Å²) in [4.78, 5) is 15.7. The van der Waals surface area contributed by atoms with Crippen molar-refractivity contribution in [2.45, 2.75) is 6.42 Å². The lowest BCUT2D eigenvalue weighted by molar-refractivity contribution is -0.115. The molecular weight excluding hydrogens is 228 g/mol. The van der Waals surface area contributed by atoms with Crippen LogP contribution in [-0.4, -0.2) is 18.0 Å². The number of hydrogen-bond donors (Lipinski definition) is 1. The Hall–Kier alpha value is -2.36. The molecular formula is C14H14N2O2. The molecule has 0 aliphatic carbocycles. The molecule has 1 N–H and O–H groups in total. The zero-order chi connectivity index (χ0) is 12.8. The van der Waals surface area contributed by atoms with Gasteiger partial charge in [-0.2, -0.15) is 0 Å². The average Bonchev–Trinajstić information content (AvgIpc) is 2.40. The predicted octanol–water partition coefficient (Wildman–Crippen LogP) is 2.27. The molecule has 1 amide bonds. The number of carbonyl (C=O) groups is 1. The molecule has 1 aromatic heterocycles. The standard InChI is InChI=1S/C14H14N2O2/c1-18-13-4-2-3-12(10-13)16-14(17)9-11-5-7-15-8-6-11/h2-8,10H,9H2,1H3,(H,16,17). The topological polar surface area (TPSA) is 51.2 Å². The van der Waals surface area contributed by atoms with Crippen molar-refractivity contribution in [2.24, 2.45) is 0 Å². The molecule has 18 heavy (non-hydrogen) atoms. The second-order valence-electron chi connectivity index (χ2n) is 3.81. The van der Waals surface area contributed by atoms with Gasteiger partial charge in [0, 0.05) is 24.1 Å². The molecule has 0 aliphatic heterocycles. The van der Waals surface area contributed by atoms with Gasteiger partial charge in [0.2, 0.25) is 5.91 Å². The number of benzene rings is 1. The van der Waals surface area contributed by atoms with Gasteiger partial charge in [-0.15, -0.1) is 0 Å². The molecule has 0 radical (unpaired) electrons. The van der Waals surface area contributed by atoms with Crippen LogP contribution in [0.4, 0.5) is 5.69 Å². The van der Waals surface area contributed by atoms with Gasteiger partial charge in [-0.05, 0) is 29.8 Å². The summed E-state index contributed by atoms with van der Waals surface area (Å²) in [5.74, 6) is 0.658. The monoisotopic (exact) mass is 242 g/mol. The minimum Gasteiger partial charge on any atom is -0.497 e. The van der Waals surface area contributed by atoms with Gasteiger partial charge in [0.15, 0.2) is 0 Å². The highest BCUT2D eigenvalue weighted by Gasteiger charge is 2.04. The second kappa shape index (κ2) is 5.82. The van der Waals surface area contributed by atoms with Crippen LogP contribution in [0.15, 0.2) is 48.8 Å². The highest BCUT2D eigenvalue weighted by Crippen LogP contribution is 2.16. The second-order valence-corrected chi connectivity index (χ2v) is 3.81. The van der Waals surface area contributed by atoms with Gasteiger partial charge in [-0.1, -0.05) is 6.07 Å². The van der Waals surface area contributed by atoms with Crippen LogP contribution < -0.4 is 10.1 Å². The lowest BCUT2D eigenvalue weighted by Crippen LogP contribution is -2.14. The number of rotatable bonds is 4. The average molecular weight is 242 g/mol. The zero-order valence-corrected chi connectivity index (χ0v) is 10.1. The van der Waals surface area contributed by atoms with Gasteiger partial charge in [-0.25, -0.2) is 0 Å². The Bertz CT molecular complexity index is 526. The Labute approximate surface area is 106 Å². The van der Waals surface area contributed by atoms with Crippen molar-refractivity contribution in [1.29, 1.82) is 0 Å². The van der Waals surface area contributed by atoms with E-state index in [1.165, 1.54) is 0 Å². The predicted molar refractivity (Wildman–Crippen MR) is 69.6 cm³/mol. The third kappa shape index (κ3) is 3.31. The van der Waals surface area contributed by atoms with Gasteiger partial charge in [0.1, 0.15) is 5.75 Å². The van der Waals surface area contributed by atoms with E-state index in [4.69, 9.17) is 4.74 Å². The molecule has 92 valence electrons. The molecule has 4 heteroatoms. The van der Waals surface area contributed by atoms with E-state index in [2.05, 4.69) is 10.3 Å². The number of carbonyl (C=O) groups excluding carboxylic acids is 1. The fourth-order valence-corrected chi connectivity index (χ4v) is 1.59. The SMILES string of the molecule is COc1cccc(NC(=O)Cc2ccncc2)c1. The van der Waals surface area contributed by atoms with E-state index in [1.807, 2.05) is 30.3 Å². The van der Waals surface area contributed by atoms with Crippen LogP contribution in [0.2, 0.25) is 0 Å². The van der Waals surface area contributed by atoms with Crippen molar-refractivity contribution in [3.05, 3.63) is 54.4 Å². The number of anilines is 1. The Morgan fingerprint density at radius 2 is 2.06 bits per heavy atom. The van der Waals surface area contributed by atoms with Crippen LogP contribution in [0, 0.1) is 0 Å². The fraction of sp³-hybridized carbons (Fsp3) is 0.143. The van der Waals surface area contributed by atoms with E-state index < -0.39 is 0 Å². The van der Waals surface area contributed by atoms with Crippen LogP contribution in [0.3, 0.4) is 0 Å². The first kappa shape index (κ1) is 12.1. The van der Waals surface area contributed by atoms with Crippen LogP contribution in [-0.2, 0) is 11.2 Å². The number of nitrogens with one attached hydrogen (secondary N) is 1. The van der Waals surface area contributed by atoms with Gasteiger partial charge in [-0.3, -0.25) is 9.78 Å². The third-order valence-electron chi connectivity index (χ3n) is 2.47. The summed E-state index contributed by atoms with van der Waals surface area (Å²) in [6.45, 7) is 0. The first-order valence-corrected chi connectivity index (χ1v) is 5.61. The van der Waals surface area contributed by atoms with Crippen molar-refractivity contribution in [3.8, 4) is 5.75 Å². The number of methoxy groups -OCH3 is 1. The van der Waals surface area contributed by atoms with E-state index in [1.54, 1.807) is 25.6 Å². The lowest BCUT2D eigenvalue weighted by Gasteiger charge is -2.06. The highest BCUT2D eigenvalue weighted by atomic mass is 16.5. The van der Waals surface area contributed by atoms with Crippen molar-refractivity contribution in [3.63, 3.8) is 0 Å². The van der Waals surface area contributed by atoms with E-state index in [0.29, 0.717) is 6.42 Å². The highest BCUT2D eigenvalue weighted by molar-refractivity contribution is 5.92. The lowest BCUT2D eigenvalue weighted by atomic mass is 10.2. The molecule has 0 fully saturated rings. The van der Waals surface area contributed by atoms with Gasteiger partial charge in [0.05, 0.1) is 13.5 Å². The van der Waals surface area contributed by atoms with E-state index in [0.717, 1.165) is 17.0 Å². The first-order chi connectivity index (χ1) is 8.78. The molecule has 2 aromatic rings. The van der Waals surface area contributed by atoms with Crippen LogP contribution >= 0.6 is 0 Å². The van der Waals surface area contributed by atoms with Crippen molar-refractivity contribution in [1.82, 2.24) is 4.98 Å². The summed E-state index contributed by atoms with van der Waals surface area (Å²) in [6, 6.07) is 10.9. The maximum Gasteiger partial charge on any atom is 0.228 e. The first-order valence-electron chi connectivity index (χ1n) is 5.61. The number of amides is 1. The van der Waals surface area contributed by atoms with E-state index in [9.17, 15) is 4.79 Å². The van der Waals surface area contributed by atoms with Gasteiger partial charge < -0.3 is 10.1 Å². The molecule has 0 aliphatic rings. The largest absolute Gasteiger partial charge is 0.497 e. The number of nitrogens with zero attached hydrogens (tertiary/aromatic N) is 1. The number of aromatic nitrogens is 1. The number of hydrogen-bond acceptors (Lipinski definition) is 3. The molecule has 0 bridgehead atoms. The van der Waals surface area contributed by atoms with E-state index >= 15 is 0 Å². The zero-order valence-electron chi connectivity index (χ0n) is 10.1. The Morgan fingerprint density at radius 1 is 1.28 bits per heavy atom. The van der Waals surface area contributed by atoms with Crippen LogP contribution in [0.5, 0.6) is 5.75 Å². The minimum absolute atomic E-state index is 0.0607. The Morgan fingerprint density at radius 3 is 2.78 bits per heavy atom. The van der Waals surface area contributed by atoms with E-state index in [-0.39, 0.29) is 5.91 Å². The number of ether oxygens (including phenoxy) is 1.